The van der Waals surface area contributed by atoms with Crippen LogP contribution in [0.25, 0.3) is 0 Å². The highest BCUT2D eigenvalue weighted by Gasteiger charge is 2.29. The van der Waals surface area contributed by atoms with Gasteiger partial charge in [-0.15, -0.1) is 0 Å². The summed E-state index contributed by atoms with van der Waals surface area (Å²) < 4.78 is 7.91. The van der Waals surface area contributed by atoms with Gasteiger partial charge in [0.2, 0.25) is 0 Å². The predicted octanol–water partition coefficient (Wildman–Crippen LogP) is 2.57. The lowest BCUT2D eigenvalue weighted by Gasteiger charge is -2.31. The van der Waals surface area contributed by atoms with E-state index >= 15 is 0 Å². The molecule has 0 aromatic heterocycles. The second-order valence-corrected chi connectivity index (χ2v) is 9.26. The summed E-state index contributed by atoms with van der Waals surface area (Å²) in [5, 5.41) is 24.3. The Balaban J connectivity index is 1.52. The molecule has 0 saturated carbocycles. The maximum Gasteiger partial charge on any atom is 0.293 e. The van der Waals surface area contributed by atoms with Gasteiger partial charge in [0.15, 0.2) is 8.30 Å². The van der Waals surface area contributed by atoms with Gasteiger partial charge >= 0.3 is 0 Å². The summed E-state index contributed by atoms with van der Waals surface area (Å²) in [6, 6.07) is 5.30. The molecule has 1 aromatic carbocycles. The fourth-order valence-electron chi connectivity index (χ4n) is 3.72. The minimum atomic E-state index is -1.06. The molecule has 10 nitrogen and oxygen atoms in total. The van der Waals surface area contributed by atoms with E-state index in [1.165, 1.54) is 0 Å². The monoisotopic (exact) mass is 439 g/mol. The zero-order valence-corrected chi connectivity index (χ0v) is 18.1. The average Bonchev–Trinajstić information content (AvgIpc) is 3.23. The van der Waals surface area contributed by atoms with Gasteiger partial charge < -0.3 is 19.4 Å². The van der Waals surface area contributed by atoms with Crippen molar-refractivity contribution < 1.29 is 19.5 Å². The van der Waals surface area contributed by atoms with Gasteiger partial charge in [-0.05, 0) is 44.9 Å². The van der Waals surface area contributed by atoms with Crippen LogP contribution in [0.2, 0.25) is 0 Å². The topological polar surface area (TPSA) is 112 Å². The Morgan fingerprint density at radius 3 is 2.87 bits per heavy atom. The van der Waals surface area contributed by atoms with E-state index < -0.39 is 8.30 Å². The van der Waals surface area contributed by atoms with Crippen LogP contribution in [0.5, 0.6) is 0 Å². The molecule has 2 heterocycles. The predicted molar refractivity (Wildman–Crippen MR) is 116 cm³/mol. The molecule has 1 aromatic rings. The molecule has 0 radical (unpaired) electrons. The van der Waals surface area contributed by atoms with Gasteiger partial charge in [0.25, 0.3) is 5.69 Å². The number of piperidine rings is 1. The second kappa shape index (κ2) is 11.0. The van der Waals surface area contributed by atoms with E-state index in [9.17, 15) is 10.1 Å². The van der Waals surface area contributed by atoms with Crippen molar-refractivity contribution in [2.75, 3.05) is 44.6 Å². The summed E-state index contributed by atoms with van der Waals surface area (Å²) in [5.74, 6) is 0. The molecule has 2 aliphatic rings. The molecule has 0 aliphatic carbocycles. The first-order valence-electron chi connectivity index (χ1n) is 10.1. The average molecular weight is 439 g/mol. The number of rotatable bonds is 10. The zero-order chi connectivity index (χ0) is 21.5. The molecule has 1 atom stereocenters. The van der Waals surface area contributed by atoms with Crippen LogP contribution >= 0.6 is 8.30 Å². The van der Waals surface area contributed by atoms with E-state index in [0.717, 1.165) is 56.4 Å². The number of nitro benzene ring substituents is 1. The van der Waals surface area contributed by atoms with Gasteiger partial charge in [0.1, 0.15) is 5.69 Å². The fourth-order valence-corrected chi connectivity index (χ4v) is 5.55. The normalized spacial score (nSPS) is 20.5. The third-order valence-electron chi connectivity index (χ3n) is 5.30. The first kappa shape index (κ1) is 22.9. The van der Waals surface area contributed by atoms with Crippen molar-refractivity contribution in [3.05, 3.63) is 40.6 Å². The molecule has 0 amide bonds. The molecular weight excluding hydrogens is 409 g/mol. The van der Waals surface area contributed by atoms with Crippen LogP contribution in [0, 0.1) is 10.1 Å². The fraction of sp³-hybridized carbons (Fsp3) is 0.579. The number of likely N-dealkylation sites (tertiary alicyclic amines) is 1. The Bertz CT molecular complexity index is 744. The van der Waals surface area contributed by atoms with E-state index in [-0.39, 0.29) is 16.7 Å². The minimum Gasteiger partial charge on any atom is -0.379 e. The highest BCUT2D eigenvalue weighted by Crippen LogP contribution is 2.47. The number of nitro groups is 1. The zero-order valence-electron chi connectivity index (χ0n) is 17.2. The first-order valence-corrected chi connectivity index (χ1v) is 11.4. The van der Waals surface area contributed by atoms with Crippen LogP contribution in [-0.4, -0.2) is 65.1 Å². The maximum absolute atomic E-state index is 11.6. The van der Waals surface area contributed by atoms with Crippen LogP contribution in [0.3, 0.4) is 0 Å². The number of allylic oxidation sites excluding steroid dienone is 1. The van der Waals surface area contributed by atoms with Gasteiger partial charge in [-0.1, -0.05) is 12.2 Å². The third-order valence-corrected chi connectivity index (χ3v) is 7.42. The SMILES string of the molecule is C=C(C)N1CCOP1c1ccc(NCCCN2CCC(ONO)CC2)c([N+](=O)[O-])c1. The van der Waals surface area contributed by atoms with Gasteiger partial charge in [0.05, 0.1) is 17.6 Å². The van der Waals surface area contributed by atoms with E-state index in [0.29, 0.717) is 18.8 Å². The minimum absolute atomic E-state index is 0.0387. The molecule has 166 valence electrons. The summed E-state index contributed by atoms with van der Waals surface area (Å²) in [5.41, 5.74) is 3.28. The molecule has 11 heteroatoms. The lowest BCUT2D eigenvalue weighted by molar-refractivity contribution is -0.383. The summed E-state index contributed by atoms with van der Waals surface area (Å²) in [7, 11) is -1.06. The van der Waals surface area contributed by atoms with Crippen molar-refractivity contribution in [1.29, 1.82) is 0 Å². The summed E-state index contributed by atoms with van der Waals surface area (Å²) in [6.45, 7) is 10.6. The lowest BCUT2D eigenvalue weighted by Crippen LogP contribution is -2.39. The molecule has 2 fully saturated rings. The maximum atomic E-state index is 11.6. The van der Waals surface area contributed by atoms with Crippen LogP contribution in [0.1, 0.15) is 26.2 Å². The van der Waals surface area contributed by atoms with Crippen molar-refractivity contribution >= 4 is 25.0 Å². The lowest BCUT2D eigenvalue weighted by atomic mass is 10.1. The molecule has 3 rings (SSSR count). The number of nitrogens with one attached hydrogen (secondary N) is 2. The van der Waals surface area contributed by atoms with Crippen LogP contribution in [0.15, 0.2) is 30.5 Å². The summed E-state index contributed by atoms with van der Waals surface area (Å²) in [4.78, 5) is 18.6. The number of benzene rings is 1. The number of hydrogen-bond donors (Lipinski definition) is 3. The molecule has 3 N–H and O–H groups in total. The first-order chi connectivity index (χ1) is 14.5. The van der Waals surface area contributed by atoms with Crippen LogP contribution in [0.4, 0.5) is 11.4 Å². The van der Waals surface area contributed by atoms with Crippen molar-refractivity contribution in [1.82, 2.24) is 15.2 Å². The smallest absolute Gasteiger partial charge is 0.293 e. The van der Waals surface area contributed by atoms with Crippen LogP contribution in [-0.2, 0) is 9.36 Å². The third kappa shape index (κ3) is 5.87. The van der Waals surface area contributed by atoms with Gasteiger partial charge in [0, 0.05) is 43.2 Å². The molecule has 0 spiro atoms. The summed E-state index contributed by atoms with van der Waals surface area (Å²) in [6.07, 6.45) is 2.64. The van der Waals surface area contributed by atoms with E-state index in [1.807, 2.05) is 13.0 Å². The number of nitrogens with zero attached hydrogens (tertiary/aromatic N) is 3. The Morgan fingerprint density at radius 2 is 2.20 bits per heavy atom. The van der Waals surface area contributed by atoms with Crippen molar-refractivity contribution in [3.8, 4) is 0 Å². The van der Waals surface area contributed by atoms with Crippen molar-refractivity contribution in [2.24, 2.45) is 0 Å². The Labute approximate surface area is 177 Å². The standard InChI is InChI=1S/C19H30N5O5P/c1-15(2)23-12-13-28-30(23)17-4-5-18(19(14-17)24(26)27)20-8-3-9-22-10-6-16(7-11-22)29-21-25/h4-5,14,16,20-21,25H,1,3,6-13H2,2H3. The Kier molecular flexibility index (Phi) is 8.38. The summed E-state index contributed by atoms with van der Waals surface area (Å²) >= 11 is 0. The molecule has 1 unspecified atom stereocenters. The molecule has 2 saturated heterocycles. The Morgan fingerprint density at radius 1 is 1.43 bits per heavy atom. The molecule has 0 bridgehead atoms. The van der Waals surface area contributed by atoms with Crippen molar-refractivity contribution in [2.45, 2.75) is 32.3 Å². The number of hydrogen-bond acceptors (Lipinski definition) is 9. The largest absolute Gasteiger partial charge is 0.379 e. The molecular formula is C19H30N5O5P. The molecule has 2 aliphatic heterocycles. The van der Waals surface area contributed by atoms with Gasteiger partial charge in [-0.25, -0.2) is 0 Å². The van der Waals surface area contributed by atoms with E-state index in [2.05, 4.69) is 21.5 Å². The van der Waals surface area contributed by atoms with E-state index in [1.54, 1.807) is 17.8 Å². The number of anilines is 1. The Hall–Kier alpha value is -1.81. The van der Waals surface area contributed by atoms with E-state index in [4.69, 9.17) is 14.6 Å². The second-order valence-electron chi connectivity index (χ2n) is 7.45. The van der Waals surface area contributed by atoms with Gasteiger partial charge in [-0.2, -0.15) is 0 Å². The highest BCUT2D eigenvalue weighted by molar-refractivity contribution is 7.58. The van der Waals surface area contributed by atoms with Crippen molar-refractivity contribution in [3.63, 3.8) is 0 Å². The van der Waals surface area contributed by atoms with Crippen LogP contribution < -0.4 is 16.3 Å². The quantitative estimate of drug-likeness (QED) is 0.219. The van der Waals surface area contributed by atoms with Gasteiger partial charge in [-0.3, -0.25) is 20.2 Å². The molecule has 30 heavy (non-hydrogen) atoms. The highest BCUT2D eigenvalue weighted by atomic mass is 31.2.